The van der Waals surface area contributed by atoms with E-state index < -0.39 is 5.97 Å². The van der Waals surface area contributed by atoms with Crippen LogP contribution in [0.3, 0.4) is 0 Å². The summed E-state index contributed by atoms with van der Waals surface area (Å²) in [6.07, 6.45) is 2.88. The minimum Gasteiger partial charge on any atom is -0.462 e. The molecule has 0 spiro atoms. The van der Waals surface area contributed by atoms with E-state index in [1.54, 1.807) is 31.2 Å². The fourth-order valence-corrected chi connectivity index (χ4v) is 2.70. The van der Waals surface area contributed by atoms with Gasteiger partial charge in [-0.15, -0.1) is 0 Å². The van der Waals surface area contributed by atoms with Crippen LogP contribution in [0, 0.1) is 6.92 Å². The predicted molar refractivity (Wildman–Crippen MR) is 110 cm³/mol. The molecule has 3 rings (SSSR count). The predicted octanol–water partition coefficient (Wildman–Crippen LogP) is 3.64. The number of rotatable bonds is 7. The molecule has 0 saturated carbocycles. The molecule has 7 nitrogen and oxygen atoms in total. The summed E-state index contributed by atoms with van der Waals surface area (Å²) in [5.41, 5.74) is 3.43. The highest BCUT2D eigenvalue weighted by Crippen LogP contribution is 2.19. The third-order valence-electron chi connectivity index (χ3n) is 4.28. The monoisotopic (exact) mass is 390 g/mol. The quantitative estimate of drug-likeness (QED) is 0.599. The molecule has 0 aliphatic carbocycles. The van der Waals surface area contributed by atoms with Crippen LogP contribution in [-0.2, 0) is 11.3 Å². The number of hydrogen-bond donors (Lipinski definition) is 2. The van der Waals surface area contributed by atoms with Crippen molar-refractivity contribution in [1.82, 2.24) is 15.3 Å². The normalized spacial score (nSPS) is 10.3. The molecule has 0 radical (unpaired) electrons. The van der Waals surface area contributed by atoms with Crippen molar-refractivity contribution in [2.45, 2.75) is 20.4 Å². The second-order valence-electron chi connectivity index (χ2n) is 6.30. The maximum absolute atomic E-state index is 12.3. The number of nitrogens with one attached hydrogen (secondary N) is 2. The van der Waals surface area contributed by atoms with Gasteiger partial charge in [-0.05, 0) is 37.1 Å². The van der Waals surface area contributed by atoms with E-state index in [-0.39, 0.29) is 18.5 Å². The van der Waals surface area contributed by atoms with Crippen LogP contribution < -0.4 is 10.6 Å². The Hall–Kier alpha value is -3.74. The summed E-state index contributed by atoms with van der Waals surface area (Å²) in [6.45, 7) is 4.47. The number of anilines is 2. The Morgan fingerprint density at radius 2 is 1.69 bits per heavy atom. The molecule has 0 fully saturated rings. The molecule has 0 aliphatic heterocycles. The first-order valence-corrected chi connectivity index (χ1v) is 9.26. The van der Waals surface area contributed by atoms with Gasteiger partial charge in [-0.2, -0.15) is 0 Å². The van der Waals surface area contributed by atoms with Gasteiger partial charge in [-0.3, -0.25) is 4.79 Å². The highest BCUT2D eigenvalue weighted by atomic mass is 16.5. The Labute approximate surface area is 169 Å². The molecule has 0 atom stereocenters. The van der Waals surface area contributed by atoms with Crippen LogP contribution in [-0.4, -0.2) is 28.5 Å². The second-order valence-corrected chi connectivity index (χ2v) is 6.30. The molecule has 1 heterocycles. The van der Waals surface area contributed by atoms with Gasteiger partial charge >= 0.3 is 5.97 Å². The first-order chi connectivity index (χ1) is 14.1. The number of carbonyl (C=O) groups is 2. The summed E-state index contributed by atoms with van der Waals surface area (Å²) in [7, 11) is 0. The minimum atomic E-state index is -0.428. The number of aromatic nitrogens is 2. The third-order valence-corrected chi connectivity index (χ3v) is 4.28. The Morgan fingerprint density at radius 3 is 2.41 bits per heavy atom. The minimum absolute atomic E-state index is 0.258. The van der Waals surface area contributed by atoms with Crippen LogP contribution in [0.4, 0.5) is 11.6 Å². The second kappa shape index (κ2) is 9.45. The van der Waals surface area contributed by atoms with E-state index in [1.165, 1.54) is 12.4 Å². The summed E-state index contributed by atoms with van der Waals surface area (Å²) in [4.78, 5) is 32.8. The van der Waals surface area contributed by atoms with Crippen LogP contribution in [0.1, 0.15) is 38.8 Å². The fourth-order valence-electron chi connectivity index (χ4n) is 2.70. The van der Waals surface area contributed by atoms with Gasteiger partial charge in [0, 0.05) is 18.9 Å². The lowest BCUT2D eigenvalue weighted by molar-refractivity contribution is 0.0527. The molecule has 1 aromatic heterocycles. The third kappa shape index (κ3) is 5.16. The zero-order valence-electron chi connectivity index (χ0n) is 16.3. The first-order valence-electron chi connectivity index (χ1n) is 9.26. The number of esters is 1. The van der Waals surface area contributed by atoms with Crippen LogP contribution >= 0.6 is 0 Å². The van der Waals surface area contributed by atoms with Crippen LogP contribution in [0.25, 0.3) is 0 Å². The number of para-hydroxylation sites is 1. The number of carbonyl (C=O) groups excluding carboxylic acids is 2. The van der Waals surface area contributed by atoms with E-state index in [4.69, 9.17) is 4.74 Å². The van der Waals surface area contributed by atoms with Crippen molar-refractivity contribution in [3.05, 3.63) is 83.2 Å². The first kappa shape index (κ1) is 20.0. The number of benzene rings is 2. The molecule has 3 aromatic rings. The zero-order chi connectivity index (χ0) is 20.6. The smallest absolute Gasteiger partial charge is 0.340 e. The van der Waals surface area contributed by atoms with Crippen LogP contribution in [0.2, 0.25) is 0 Å². The topological polar surface area (TPSA) is 93.2 Å². The largest absolute Gasteiger partial charge is 0.462 e. The van der Waals surface area contributed by atoms with Gasteiger partial charge in [-0.1, -0.05) is 36.4 Å². The summed E-state index contributed by atoms with van der Waals surface area (Å²) in [5.74, 6) is -0.410. The van der Waals surface area contributed by atoms with Gasteiger partial charge in [-0.25, -0.2) is 14.8 Å². The number of hydrogen-bond acceptors (Lipinski definition) is 6. The van der Waals surface area contributed by atoms with Crippen molar-refractivity contribution < 1.29 is 14.3 Å². The van der Waals surface area contributed by atoms with Gasteiger partial charge in [0.25, 0.3) is 5.91 Å². The Balaban J connectivity index is 1.66. The van der Waals surface area contributed by atoms with E-state index in [9.17, 15) is 9.59 Å². The van der Waals surface area contributed by atoms with Crippen molar-refractivity contribution in [3.63, 3.8) is 0 Å². The SMILES string of the molecule is CCOC(=O)c1ccccc1Nc1ncc(C(=O)NCc2ccccc2C)cn1. The van der Waals surface area contributed by atoms with Crippen molar-refractivity contribution in [2.24, 2.45) is 0 Å². The Bertz CT molecular complexity index is 1000. The van der Waals surface area contributed by atoms with Crippen LogP contribution in [0.15, 0.2) is 60.9 Å². The molecule has 148 valence electrons. The van der Waals surface area contributed by atoms with E-state index in [0.717, 1.165) is 11.1 Å². The molecule has 7 heteroatoms. The Morgan fingerprint density at radius 1 is 1.00 bits per heavy atom. The molecule has 0 saturated heterocycles. The van der Waals surface area contributed by atoms with E-state index >= 15 is 0 Å². The average molecular weight is 390 g/mol. The molecule has 1 amide bonds. The van der Waals surface area contributed by atoms with E-state index in [1.807, 2.05) is 31.2 Å². The van der Waals surface area contributed by atoms with Gasteiger partial charge in [0.1, 0.15) is 0 Å². The number of amides is 1. The maximum Gasteiger partial charge on any atom is 0.340 e. The van der Waals surface area contributed by atoms with E-state index in [2.05, 4.69) is 20.6 Å². The highest BCUT2D eigenvalue weighted by Gasteiger charge is 2.13. The lowest BCUT2D eigenvalue weighted by atomic mass is 10.1. The van der Waals surface area contributed by atoms with Crippen molar-refractivity contribution >= 4 is 23.5 Å². The lowest BCUT2D eigenvalue weighted by Crippen LogP contribution is -2.23. The van der Waals surface area contributed by atoms with Crippen molar-refractivity contribution in [2.75, 3.05) is 11.9 Å². The zero-order valence-corrected chi connectivity index (χ0v) is 16.3. The number of aryl methyl sites for hydroxylation is 1. The average Bonchev–Trinajstić information content (AvgIpc) is 2.74. The number of ether oxygens (including phenoxy) is 1. The molecular formula is C22H22N4O3. The maximum atomic E-state index is 12.3. The van der Waals surface area contributed by atoms with Crippen molar-refractivity contribution in [3.8, 4) is 0 Å². The molecule has 0 aliphatic rings. The summed E-state index contributed by atoms with van der Waals surface area (Å²) in [5, 5.41) is 5.85. The summed E-state index contributed by atoms with van der Waals surface area (Å²) < 4.78 is 5.06. The molecule has 0 bridgehead atoms. The Kier molecular flexibility index (Phi) is 6.52. The van der Waals surface area contributed by atoms with Gasteiger partial charge < -0.3 is 15.4 Å². The molecule has 2 aromatic carbocycles. The van der Waals surface area contributed by atoms with Crippen molar-refractivity contribution in [1.29, 1.82) is 0 Å². The molecule has 0 unspecified atom stereocenters. The molecular weight excluding hydrogens is 368 g/mol. The van der Waals surface area contributed by atoms with E-state index in [0.29, 0.717) is 23.4 Å². The van der Waals surface area contributed by atoms with Crippen LogP contribution in [0.5, 0.6) is 0 Å². The van der Waals surface area contributed by atoms with Gasteiger partial charge in [0.05, 0.1) is 23.4 Å². The highest BCUT2D eigenvalue weighted by molar-refractivity contribution is 5.96. The number of nitrogens with zero attached hydrogens (tertiary/aromatic N) is 2. The molecule has 29 heavy (non-hydrogen) atoms. The summed E-state index contributed by atoms with van der Waals surface area (Å²) >= 11 is 0. The standard InChI is InChI=1S/C22H22N4O3/c1-3-29-21(28)18-10-6-7-11-19(18)26-22-24-13-17(14-25-22)20(27)23-12-16-9-5-4-8-15(16)2/h4-11,13-14H,3,12H2,1-2H3,(H,23,27)(H,24,25,26). The lowest BCUT2D eigenvalue weighted by Gasteiger charge is -2.10. The van der Waals surface area contributed by atoms with Gasteiger partial charge in [0.2, 0.25) is 5.95 Å². The fraction of sp³-hybridized carbons (Fsp3) is 0.182. The molecule has 2 N–H and O–H groups in total. The van der Waals surface area contributed by atoms with Gasteiger partial charge in [0.15, 0.2) is 0 Å². The summed E-state index contributed by atoms with van der Waals surface area (Å²) in [6, 6.07) is 14.8.